The Morgan fingerprint density at radius 3 is 1.17 bits per heavy atom. The lowest BCUT2D eigenvalue weighted by Crippen LogP contribution is -2.30. The van der Waals surface area contributed by atoms with Gasteiger partial charge < -0.3 is 14.2 Å². The zero-order chi connectivity index (χ0) is 46.3. The third-order valence-electron chi connectivity index (χ3n) is 11.1. The molecule has 0 rings (SSSR count). The van der Waals surface area contributed by atoms with E-state index in [2.05, 4.69) is 118 Å². The van der Waals surface area contributed by atoms with E-state index in [1.165, 1.54) is 116 Å². The average molecular weight is 889 g/mol. The number of carbonyl (C=O) groups is 2. The van der Waals surface area contributed by atoms with Gasteiger partial charge >= 0.3 is 11.9 Å². The SMILES string of the molecule is CC/C=C\C/C=C\C/C=C\C/C=C\C/C=C\CCOCC(COC(=O)CCCCCCCCC/C=C\C/C=C\CCCCC)OC(=O)CCCCCCC/C=C\CCCCCCCC. The van der Waals surface area contributed by atoms with Crippen molar-refractivity contribution in [2.45, 2.75) is 245 Å². The summed E-state index contributed by atoms with van der Waals surface area (Å²) in [5.41, 5.74) is 0. The van der Waals surface area contributed by atoms with Crippen LogP contribution in [-0.2, 0) is 23.8 Å². The fraction of sp³-hybridized carbons (Fsp3) is 0.695. The van der Waals surface area contributed by atoms with Crippen molar-refractivity contribution < 1.29 is 23.8 Å². The Kier molecular flexibility index (Phi) is 51.5. The first-order valence-corrected chi connectivity index (χ1v) is 26.8. The number of hydrogen-bond donors (Lipinski definition) is 0. The highest BCUT2D eigenvalue weighted by Gasteiger charge is 2.17. The molecule has 0 amide bonds. The van der Waals surface area contributed by atoms with Gasteiger partial charge in [-0.3, -0.25) is 9.59 Å². The topological polar surface area (TPSA) is 61.8 Å². The van der Waals surface area contributed by atoms with Gasteiger partial charge in [0.25, 0.3) is 0 Å². The Morgan fingerprint density at radius 2 is 0.703 bits per heavy atom. The van der Waals surface area contributed by atoms with Crippen LogP contribution in [-0.4, -0.2) is 37.9 Å². The third-order valence-corrected chi connectivity index (χ3v) is 11.1. The van der Waals surface area contributed by atoms with Crippen LogP contribution in [0.5, 0.6) is 0 Å². The van der Waals surface area contributed by atoms with Gasteiger partial charge in [0, 0.05) is 12.8 Å². The van der Waals surface area contributed by atoms with Crippen LogP contribution in [0.2, 0.25) is 0 Å². The molecule has 0 aliphatic heterocycles. The number of ether oxygens (including phenoxy) is 3. The molecular weight excluding hydrogens is 789 g/mol. The van der Waals surface area contributed by atoms with E-state index < -0.39 is 6.10 Å². The maximum atomic E-state index is 12.8. The number of esters is 2. The second-order valence-corrected chi connectivity index (χ2v) is 17.4. The Labute approximate surface area is 396 Å². The van der Waals surface area contributed by atoms with E-state index in [0.29, 0.717) is 19.4 Å². The molecule has 64 heavy (non-hydrogen) atoms. The molecule has 0 aromatic carbocycles. The van der Waals surface area contributed by atoms with Gasteiger partial charge in [-0.2, -0.15) is 0 Å². The summed E-state index contributed by atoms with van der Waals surface area (Å²) < 4.78 is 17.3. The van der Waals surface area contributed by atoms with Crippen molar-refractivity contribution in [1.82, 2.24) is 0 Å². The molecule has 0 aliphatic carbocycles. The van der Waals surface area contributed by atoms with Crippen LogP contribution in [0, 0.1) is 0 Å². The summed E-state index contributed by atoms with van der Waals surface area (Å²) in [6.45, 7) is 7.46. The first kappa shape index (κ1) is 60.8. The molecule has 366 valence electrons. The second kappa shape index (κ2) is 54.2. The zero-order valence-electron chi connectivity index (χ0n) is 42.0. The monoisotopic (exact) mass is 889 g/mol. The van der Waals surface area contributed by atoms with E-state index in [-0.39, 0.29) is 25.2 Å². The first-order chi connectivity index (χ1) is 31.6. The highest BCUT2D eigenvalue weighted by atomic mass is 16.6. The van der Waals surface area contributed by atoms with Crippen LogP contribution >= 0.6 is 0 Å². The lowest BCUT2D eigenvalue weighted by Gasteiger charge is -2.18. The molecule has 0 aliphatic rings. The minimum atomic E-state index is -0.588. The number of rotatable bonds is 48. The molecule has 0 N–H and O–H groups in total. The van der Waals surface area contributed by atoms with E-state index in [1.54, 1.807) is 0 Å². The molecular formula is C59H100O5. The van der Waals surface area contributed by atoms with Crippen LogP contribution in [0.15, 0.2) is 97.2 Å². The first-order valence-electron chi connectivity index (χ1n) is 26.8. The molecule has 5 nitrogen and oxygen atoms in total. The average Bonchev–Trinajstić information content (AvgIpc) is 3.30. The number of unbranched alkanes of at least 4 members (excludes halogenated alkanes) is 21. The van der Waals surface area contributed by atoms with Crippen molar-refractivity contribution in [2.75, 3.05) is 19.8 Å². The zero-order valence-corrected chi connectivity index (χ0v) is 42.0. The fourth-order valence-electron chi connectivity index (χ4n) is 7.13. The van der Waals surface area contributed by atoms with Crippen molar-refractivity contribution in [2.24, 2.45) is 0 Å². The number of carbonyl (C=O) groups excluding carboxylic acids is 2. The summed E-state index contributed by atoms with van der Waals surface area (Å²) in [4.78, 5) is 25.4. The summed E-state index contributed by atoms with van der Waals surface area (Å²) in [7, 11) is 0. The van der Waals surface area contributed by atoms with Gasteiger partial charge in [0.2, 0.25) is 0 Å². The van der Waals surface area contributed by atoms with Crippen LogP contribution in [0.3, 0.4) is 0 Å². The van der Waals surface area contributed by atoms with E-state index in [9.17, 15) is 9.59 Å². The van der Waals surface area contributed by atoms with E-state index in [1.807, 2.05) is 0 Å². The normalized spacial score (nSPS) is 13.0. The molecule has 1 atom stereocenters. The summed E-state index contributed by atoms with van der Waals surface area (Å²) in [6.07, 6.45) is 72.9. The van der Waals surface area contributed by atoms with Crippen molar-refractivity contribution >= 4 is 11.9 Å². The van der Waals surface area contributed by atoms with Crippen molar-refractivity contribution in [3.8, 4) is 0 Å². The van der Waals surface area contributed by atoms with Crippen molar-refractivity contribution in [3.05, 3.63) is 97.2 Å². The quantitative estimate of drug-likeness (QED) is 0.0346. The molecule has 0 fully saturated rings. The summed E-state index contributed by atoms with van der Waals surface area (Å²) in [5.74, 6) is -0.457. The van der Waals surface area contributed by atoms with Gasteiger partial charge in [-0.25, -0.2) is 0 Å². The van der Waals surface area contributed by atoms with E-state index in [0.717, 1.165) is 89.9 Å². The van der Waals surface area contributed by atoms with Gasteiger partial charge in [-0.1, -0.05) is 214 Å². The Bertz CT molecular complexity index is 1230. The fourth-order valence-corrected chi connectivity index (χ4v) is 7.13. The predicted molar refractivity (Wildman–Crippen MR) is 279 cm³/mol. The molecule has 0 radical (unpaired) electrons. The highest BCUT2D eigenvalue weighted by Crippen LogP contribution is 2.13. The molecule has 5 heteroatoms. The molecule has 0 heterocycles. The van der Waals surface area contributed by atoms with E-state index >= 15 is 0 Å². The van der Waals surface area contributed by atoms with Crippen molar-refractivity contribution in [3.63, 3.8) is 0 Å². The summed E-state index contributed by atoms with van der Waals surface area (Å²) >= 11 is 0. The third kappa shape index (κ3) is 51.5. The summed E-state index contributed by atoms with van der Waals surface area (Å²) in [6, 6.07) is 0. The molecule has 0 aromatic heterocycles. The van der Waals surface area contributed by atoms with Gasteiger partial charge in [-0.05, 0) is 109 Å². The standard InChI is InChI=1S/C59H100O5/c1-4-7-10-13-16-19-22-25-28-30-32-34-37-40-43-46-49-52-58(60)63-56-57(55-62-54-51-48-45-42-39-36-33-29-26-23-20-17-14-11-8-5-2)64-59(61)53-50-47-44-41-38-35-31-27-24-21-18-15-12-9-6-3/h8,11,16-17,19-20,25-29,31,36,39,45,48,57H,4-7,9-10,12-15,18,21-24,30,32-35,37-38,40-44,46-47,49-56H2,1-3H3/b11-8-,19-16-,20-17-,28-25-,29-26-,31-27-,39-36-,48-45-. The van der Waals surface area contributed by atoms with Crippen LogP contribution in [0.25, 0.3) is 0 Å². The van der Waals surface area contributed by atoms with Crippen LogP contribution in [0.4, 0.5) is 0 Å². The second-order valence-electron chi connectivity index (χ2n) is 17.4. The lowest BCUT2D eigenvalue weighted by atomic mass is 10.1. The van der Waals surface area contributed by atoms with Gasteiger partial charge in [0.1, 0.15) is 6.61 Å². The van der Waals surface area contributed by atoms with E-state index in [4.69, 9.17) is 14.2 Å². The molecule has 0 aromatic rings. The minimum absolute atomic E-state index is 0.0440. The maximum Gasteiger partial charge on any atom is 0.306 e. The minimum Gasteiger partial charge on any atom is -0.462 e. The number of allylic oxidation sites excluding steroid dienone is 15. The molecule has 0 bridgehead atoms. The van der Waals surface area contributed by atoms with Crippen LogP contribution < -0.4 is 0 Å². The molecule has 0 saturated carbocycles. The van der Waals surface area contributed by atoms with Crippen molar-refractivity contribution in [1.29, 1.82) is 0 Å². The maximum absolute atomic E-state index is 12.8. The molecule has 0 spiro atoms. The summed E-state index contributed by atoms with van der Waals surface area (Å²) in [5, 5.41) is 0. The van der Waals surface area contributed by atoms with Gasteiger partial charge in [-0.15, -0.1) is 0 Å². The van der Waals surface area contributed by atoms with Gasteiger partial charge in [0.15, 0.2) is 6.10 Å². The Balaban J connectivity index is 4.41. The predicted octanol–water partition coefficient (Wildman–Crippen LogP) is 18.2. The molecule has 0 saturated heterocycles. The molecule has 1 unspecified atom stereocenters. The Hall–Kier alpha value is -3.18. The lowest BCUT2D eigenvalue weighted by molar-refractivity contribution is -0.162. The smallest absolute Gasteiger partial charge is 0.306 e. The number of hydrogen-bond acceptors (Lipinski definition) is 5. The largest absolute Gasteiger partial charge is 0.462 e. The Morgan fingerprint density at radius 1 is 0.359 bits per heavy atom. The van der Waals surface area contributed by atoms with Crippen LogP contribution in [0.1, 0.15) is 239 Å². The highest BCUT2D eigenvalue weighted by molar-refractivity contribution is 5.70. The van der Waals surface area contributed by atoms with Gasteiger partial charge in [0.05, 0.1) is 13.2 Å².